The van der Waals surface area contributed by atoms with Crippen LogP contribution in [0, 0.1) is 5.92 Å². The van der Waals surface area contributed by atoms with Crippen molar-refractivity contribution in [2.75, 3.05) is 18.0 Å². The van der Waals surface area contributed by atoms with Crippen molar-refractivity contribution in [1.29, 1.82) is 0 Å². The van der Waals surface area contributed by atoms with Crippen LogP contribution < -0.4 is 10.6 Å². The maximum Gasteiger partial charge on any atom is 0.237 e. The van der Waals surface area contributed by atoms with Gasteiger partial charge >= 0.3 is 0 Å². The van der Waals surface area contributed by atoms with Crippen molar-refractivity contribution in [2.24, 2.45) is 11.7 Å². The molecule has 1 rings (SSSR count). The fraction of sp³-hybridized carbons (Fsp3) is 0.625. The van der Waals surface area contributed by atoms with Crippen molar-refractivity contribution in [3.8, 4) is 0 Å². The summed E-state index contributed by atoms with van der Waals surface area (Å²) in [5, 5.41) is 8.52. The summed E-state index contributed by atoms with van der Waals surface area (Å²) in [5.41, 5.74) is 5.18. The van der Waals surface area contributed by atoms with Gasteiger partial charge in [-0.3, -0.25) is 4.79 Å². The van der Waals surface area contributed by atoms with Gasteiger partial charge in [-0.15, -0.1) is 10.2 Å². The Balaban J connectivity index is 2.75. The number of aromatic nitrogens is 2. The number of hydrogen-bond acceptors (Lipinski definition) is 5. The summed E-state index contributed by atoms with van der Waals surface area (Å²) in [7, 11) is 0. The molecule has 1 amide bonds. The minimum Gasteiger partial charge on any atom is -0.368 e. The maximum absolute atomic E-state index is 10.9. The molecule has 0 saturated heterocycles. The Morgan fingerprint density at radius 3 is 2.67 bits per heavy atom. The first-order valence-corrected chi connectivity index (χ1v) is 6.12. The van der Waals surface area contributed by atoms with Gasteiger partial charge in [-0.25, -0.2) is 0 Å². The second-order valence-electron chi connectivity index (χ2n) is 3.58. The molecule has 0 bridgehead atoms. The van der Waals surface area contributed by atoms with Gasteiger partial charge in [0.25, 0.3) is 0 Å². The highest BCUT2D eigenvalue weighted by molar-refractivity contribution is 9.11. The number of carbonyl (C=O) groups excluding carboxylic acids is 1. The van der Waals surface area contributed by atoms with Crippen LogP contribution in [0.3, 0.4) is 0 Å². The van der Waals surface area contributed by atoms with Crippen molar-refractivity contribution in [1.82, 2.24) is 10.2 Å². The summed E-state index contributed by atoms with van der Waals surface area (Å²) in [6.45, 7) is 5.07. The van der Waals surface area contributed by atoms with E-state index in [1.165, 1.54) is 11.3 Å². The van der Waals surface area contributed by atoms with E-state index < -0.39 is 0 Å². The molecule has 1 aromatic heterocycles. The van der Waals surface area contributed by atoms with Crippen LogP contribution in [0.5, 0.6) is 0 Å². The molecule has 1 aromatic rings. The highest BCUT2D eigenvalue weighted by Gasteiger charge is 2.15. The van der Waals surface area contributed by atoms with Crippen LogP contribution in [0.25, 0.3) is 0 Å². The molecular weight excluding hydrogens is 280 g/mol. The number of nitrogens with zero attached hydrogens (tertiary/aromatic N) is 3. The van der Waals surface area contributed by atoms with Gasteiger partial charge in [-0.2, -0.15) is 0 Å². The molecule has 84 valence electrons. The molecule has 0 unspecified atom stereocenters. The van der Waals surface area contributed by atoms with E-state index in [1.807, 2.05) is 4.90 Å². The van der Waals surface area contributed by atoms with Crippen LogP contribution >= 0.6 is 27.3 Å². The van der Waals surface area contributed by atoms with E-state index in [1.54, 1.807) is 0 Å². The maximum atomic E-state index is 10.9. The van der Waals surface area contributed by atoms with Crippen LogP contribution in [0.1, 0.15) is 13.8 Å². The number of primary amides is 1. The molecule has 0 radical (unpaired) electrons. The third-order valence-corrected chi connectivity index (χ3v) is 3.01. The second-order valence-corrected chi connectivity index (χ2v) is 5.81. The lowest BCUT2D eigenvalue weighted by Gasteiger charge is -2.21. The molecule has 0 saturated carbocycles. The van der Waals surface area contributed by atoms with Gasteiger partial charge in [0, 0.05) is 6.54 Å². The van der Waals surface area contributed by atoms with Crippen molar-refractivity contribution < 1.29 is 4.79 Å². The average Bonchev–Trinajstić information content (AvgIpc) is 2.48. The number of halogens is 1. The molecular formula is C8H13BrN4OS. The summed E-state index contributed by atoms with van der Waals surface area (Å²) in [4.78, 5) is 12.7. The first-order valence-electron chi connectivity index (χ1n) is 4.51. The van der Waals surface area contributed by atoms with E-state index in [0.717, 1.165) is 11.7 Å². The molecule has 0 atom stereocenters. The normalized spacial score (nSPS) is 10.7. The topological polar surface area (TPSA) is 72.1 Å². The molecule has 0 aliphatic heterocycles. The molecule has 15 heavy (non-hydrogen) atoms. The zero-order valence-electron chi connectivity index (χ0n) is 8.61. The summed E-state index contributed by atoms with van der Waals surface area (Å²) >= 11 is 4.63. The molecule has 7 heteroatoms. The SMILES string of the molecule is CC(C)CN(CC(N)=O)c1nnc(Br)s1. The fourth-order valence-electron chi connectivity index (χ4n) is 1.17. The molecule has 5 nitrogen and oxygen atoms in total. The number of carbonyl (C=O) groups is 1. The van der Waals surface area contributed by atoms with E-state index in [-0.39, 0.29) is 12.5 Å². The van der Waals surface area contributed by atoms with Gasteiger partial charge in [0.1, 0.15) is 0 Å². The van der Waals surface area contributed by atoms with E-state index in [9.17, 15) is 4.79 Å². The Bertz CT molecular complexity index is 341. The van der Waals surface area contributed by atoms with Crippen molar-refractivity contribution >= 4 is 38.3 Å². The summed E-state index contributed by atoms with van der Waals surface area (Å²) in [5.74, 6) is 0.0778. The lowest BCUT2D eigenvalue weighted by Crippen LogP contribution is -2.36. The smallest absolute Gasteiger partial charge is 0.237 e. The molecule has 0 aliphatic carbocycles. The highest BCUT2D eigenvalue weighted by Crippen LogP contribution is 2.24. The molecule has 0 aliphatic rings. The predicted molar refractivity (Wildman–Crippen MR) is 63.9 cm³/mol. The number of anilines is 1. The monoisotopic (exact) mass is 292 g/mol. The van der Waals surface area contributed by atoms with E-state index >= 15 is 0 Å². The van der Waals surface area contributed by atoms with E-state index in [4.69, 9.17) is 5.73 Å². The van der Waals surface area contributed by atoms with E-state index in [0.29, 0.717) is 9.83 Å². The van der Waals surface area contributed by atoms with Gasteiger partial charge in [0.2, 0.25) is 11.0 Å². The minimum absolute atomic E-state index is 0.180. The van der Waals surface area contributed by atoms with E-state index in [2.05, 4.69) is 40.0 Å². The van der Waals surface area contributed by atoms with Crippen molar-refractivity contribution in [3.63, 3.8) is 0 Å². The Morgan fingerprint density at radius 1 is 1.60 bits per heavy atom. The van der Waals surface area contributed by atoms with Gasteiger partial charge in [-0.1, -0.05) is 25.2 Å². The molecule has 0 spiro atoms. The highest BCUT2D eigenvalue weighted by atomic mass is 79.9. The zero-order valence-corrected chi connectivity index (χ0v) is 11.0. The Morgan fingerprint density at radius 2 is 2.27 bits per heavy atom. The van der Waals surface area contributed by atoms with Crippen LogP contribution in [0.4, 0.5) is 5.13 Å². The van der Waals surface area contributed by atoms with Gasteiger partial charge in [0.05, 0.1) is 6.54 Å². The Kier molecular flexibility index (Phi) is 4.46. The predicted octanol–water partition coefficient (Wildman–Crippen LogP) is 1.25. The second kappa shape index (κ2) is 5.41. The van der Waals surface area contributed by atoms with Crippen LogP contribution in [-0.2, 0) is 4.79 Å². The fourth-order valence-corrected chi connectivity index (χ4v) is 2.26. The number of nitrogens with two attached hydrogens (primary N) is 1. The van der Waals surface area contributed by atoms with Crippen LogP contribution in [-0.4, -0.2) is 29.2 Å². The first kappa shape index (κ1) is 12.4. The Labute approximate surface area is 101 Å². The molecule has 2 N–H and O–H groups in total. The third kappa shape index (κ3) is 4.13. The average molecular weight is 293 g/mol. The standard InChI is InChI=1S/C8H13BrN4OS/c1-5(2)3-13(4-6(10)14)8-12-11-7(9)15-8/h5H,3-4H2,1-2H3,(H2,10,14). The Hall–Kier alpha value is -0.690. The van der Waals surface area contributed by atoms with Crippen molar-refractivity contribution in [3.05, 3.63) is 3.92 Å². The minimum atomic E-state index is -0.359. The third-order valence-electron chi connectivity index (χ3n) is 1.59. The van der Waals surface area contributed by atoms with Gasteiger partial charge in [-0.05, 0) is 21.8 Å². The van der Waals surface area contributed by atoms with Gasteiger partial charge < -0.3 is 10.6 Å². The number of rotatable bonds is 5. The van der Waals surface area contributed by atoms with Crippen LogP contribution in [0.15, 0.2) is 3.92 Å². The summed E-state index contributed by atoms with van der Waals surface area (Å²) < 4.78 is 0.704. The van der Waals surface area contributed by atoms with Crippen molar-refractivity contribution in [2.45, 2.75) is 13.8 Å². The number of amides is 1. The zero-order chi connectivity index (χ0) is 11.4. The largest absolute Gasteiger partial charge is 0.368 e. The lowest BCUT2D eigenvalue weighted by molar-refractivity contribution is -0.116. The molecule has 0 fully saturated rings. The molecule has 0 aromatic carbocycles. The van der Waals surface area contributed by atoms with Crippen LogP contribution in [0.2, 0.25) is 0 Å². The lowest BCUT2D eigenvalue weighted by atomic mass is 10.2. The molecule has 1 heterocycles. The van der Waals surface area contributed by atoms with Gasteiger partial charge in [0.15, 0.2) is 3.92 Å². The summed E-state index contributed by atoms with van der Waals surface area (Å²) in [6.07, 6.45) is 0. The first-order chi connectivity index (χ1) is 6.99. The summed E-state index contributed by atoms with van der Waals surface area (Å²) in [6, 6.07) is 0. The quantitative estimate of drug-likeness (QED) is 0.886. The number of hydrogen-bond donors (Lipinski definition) is 1.